The quantitative estimate of drug-likeness (QED) is 0.874. The molecule has 2 N–H and O–H groups in total. The molecular formula is C14H13N3O2S. The number of hydrogen-bond acceptors (Lipinski definition) is 4. The Hall–Kier alpha value is -2.52. The number of benzene rings is 2. The van der Waals surface area contributed by atoms with Crippen LogP contribution in [0.4, 0.5) is 11.4 Å². The van der Waals surface area contributed by atoms with Crippen LogP contribution in [-0.4, -0.2) is 15.5 Å². The van der Waals surface area contributed by atoms with Gasteiger partial charge in [0.05, 0.1) is 22.2 Å². The van der Waals surface area contributed by atoms with Crippen LogP contribution < -0.4 is 10.0 Å². The summed E-state index contributed by atoms with van der Waals surface area (Å²) in [7, 11) is -2.20. The zero-order valence-corrected chi connectivity index (χ0v) is 11.6. The highest BCUT2D eigenvalue weighted by Gasteiger charge is 2.21. The van der Waals surface area contributed by atoms with Crippen LogP contribution in [0.1, 0.15) is 5.56 Å². The van der Waals surface area contributed by atoms with Gasteiger partial charge in [-0.05, 0) is 42.5 Å². The van der Waals surface area contributed by atoms with Crippen molar-refractivity contribution in [2.75, 3.05) is 17.1 Å². The first-order valence-corrected chi connectivity index (χ1v) is 7.24. The molecule has 0 atom stereocenters. The Morgan fingerprint density at radius 3 is 2.35 bits per heavy atom. The normalized spacial score (nSPS) is 10.8. The summed E-state index contributed by atoms with van der Waals surface area (Å²) in [4.78, 5) is 0.126. The standard InChI is InChI=1S/C14H13N3O2S/c1-17(13-4-2-3-12(16)9-13)20(18,19)14-7-5-11(10-15)6-8-14/h2-9H,16H2,1H3. The molecule has 102 valence electrons. The van der Waals surface area contributed by atoms with Crippen LogP contribution >= 0.6 is 0 Å². The van der Waals surface area contributed by atoms with Gasteiger partial charge in [0.15, 0.2) is 0 Å². The van der Waals surface area contributed by atoms with Crippen LogP contribution in [0.2, 0.25) is 0 Å². The van der Waals surface area contributed by atoms with E-state index >= 15 is 0 Å². The van der Waals surface area contributed by atoms with E-state index in [1.54, 1.807) is 24.3 Å². The van der Waals surface area contributed by atoms with Crippen molar-refractivity contribution in [1.29, 1.82) is 5.26 Å². The largest absolute Gasteiger partial charge is 0.399 e. The monoisotopic (exact) mass is 287 g/mol. The number of hydrogen-bond donors (Lipinski definition) is 1. The maximum Gasteiger partial charge on any atom is 0.264 e. The molecular weight excluding hydrogens is 274 g/mol. The molecule has 0 saturated heterocycles. The summed E-state index contributed by atoms with van der Waals surface area (Å²) < 4.78 is 26.0. The lowest BCUT2D eigenvalue weighted by Gasteiger charge is -2.19. The molecule has 0 unspecified atom stereocenters. The summed E-state index contributed by atoms with van der Waals surface area (Å²) in [6.45, 7) is 0. The Labute approximate surface area is 117 Å². The van der Waals surface area contributed by atoms with Crippen molar-refractivity contribution in [3.05, 3.63) is 54.1 Å². The lowest BCUT2D eigenvalue weighted by molar-refractivity contribution is 0.594. The number of sulfonamides is 1. The molecule has 0 saturated carbocycles. The second kappa shape index (κ2) is 5.23. The topological polar surface area (TPSA) is 87.2 Å². The van der Waals surface area contributed by atoms with Crippen molar-refractivity contribution in [2.24, 2.45) is 0 Å². The highest BCUT2D eigenvalue weighted by molar-refractivity contribution is 7.92. The van der Waals surface area contributed by atoms with Crippen LogP contribution in [0.5, 0.6) is 0 Å². The van der Waals surface area contributed by atoms with Crippen molar-refractivity contribution in [2.45, 2.75) is 4.90 Å². The summed E-state index contributed by atoms with van der Waals surface area (Å²) in [5.41, 5.74) is 7.04. The average molecular weight is 287 g/mol. The smallest absolute Gasteiger partial charge is 0.264 e. The zero-order valence-electron chi connectivity index (χ0n) is 10.8. The van der Waals surface area contributed by atoms with E-state index in [2.05, 4.69) is 0 Å². The van der Waals surface area contributed by atoms with Gasteiger partial charge >= 0.3 is 0 Å². The molecule has 0 radical (unpaired) electrons. The highest BCUT2D eigenvalue weighted by Crippen LogP contribution is 2.23. The van der Waals surface area contributed by atoms with E-state index < -0.39 is 10.0 Å². The molecule has 0 aliphatic carbocycles. The number of nitriles is 1. The average Bonchev–Trinajstić information content (AvgIpc) is 2.46. The number of rotatable bonds is 3. The summed E-state index contributed by atoms with van der Waals surface area (Å²) >= 11 is 0. The van der Waals surface area contributed by atoms with Crippen molar-refractivity contribution >= 4 is 21.4 Å². The molecule has 0 heterocycles. The maximum atomic E-state index is 12.4. The summed E-state index contributed by atoms with van der Waals surface area (Å²) in [5, 5.41) is 8.73. The summed E-state index contributed by atoms with van der Waals surface area (Å²) in [6, 6.07) is 14.3. The van der Waals surface area contributed by atoms with Gasteiger partial charge in [0.1, 0.15) is 0 Å². The molecule has 2 rings (SSSR count). The third-order valence-electron chi connectivity index (χ3n) is 2.88. The fraction of sp³-hybridized carbons (Fsp3) is 0.0714. The SMILES string of the molecule is CN(c1cccc(N)c1)S(=O)(=O)c1ccc(C#N)cc1. The lowest BCUT2D eigenvalue weighted by atomic mass is 10.2. The fourth-order valence-electron chi connectivity index (χ4n) is 1.72. The number of nitrogen functional groups attached to an aromatic ring is 1. The minimum absolute atomic E-state index is 0.126. The molecule has 6 heteroatoms. The molecule has 2 aromatic rings. The van der Waals surface area contributed by atoms with Crippen LogP contribution in [0.25, 0.3) is 0 Å². The van der Waals surface area contributed by atoms with E-state index in [0.29, 0.717) is 16.9 Å². The number of nitrogens with zero attached hydrogens (tertiary/aromatic N) is 2. The van der Waals surface area contributed by atoms with E-state index in [4.69, 9.17) is 11.0 Å². The summed E-state index contributed by atoms with van der Waals surface area (Å²) in [5.74, 6) is 0. The van der Waals surface area contributed by atoms with Gasteiger partial charge in [0, 0.05) is 12.7 Å². The van der Waals surface area contributed by atoms with Crippen molar-refractivity contribution in [3.63, 3.8) is 0 Å². The van der Waals surface area contributed by atoms with E-state index in [1.807, 2.05) is 6.07 Å². The van der Waals surface area contributed by atoms with Crippen molar-refractivity contribution in [3.8, 4) is 6.07 Å². The molecule has 2 aromatic carbocycles. The Kier molecular flexibility index (Phi) is 3.63. The molecule has 0 aliphatic heterocycles. The molecule has 0 amide bonds. The minimum Gasteiger partial charge on any atom is -0.399 e. The van der Waals surface area contributed by atoms with Gasteiger partial charge in [-0.3, -0.25) is 4.31 Å². The van der Waals surface area contributed by atoms with Crippen LogP contribution in [0.3, 0.4) is 0 Å². The van der Waals surface area contributed by atoms with E-state index in [9.17, 15) is 8.42 Å². The van der Waals surface area contributed by atoms with Gasteiger partial charge in [-0.2, -0.15) is 5.26 Å². The summed E-state index contributed by atoms with van der Waals surface area (Å²) in [6.07, 6.45) is 0. The van der Waals surface area contributed by atoms with Crippen LogP contribution in [0.15, 0.2) is 53.4 Å². The Bertz CT molecular complexity index is 762. The van der Waals surface area contributed by atoms with Gasteiger partial charge in [-0.1, -0.05) is 6.07 Å². The molecule has 20 heavy (non-hydrogen) atoms. The highest BCUT2D eigenvalue weighted by atomic mass is 32.2. The second-order valence-corrected chi connectivity index (χ2v) is 6.17. The minimum atomic E-state index is -3.67. The molecule has 0 bridgehead atoms. The van der Waals surface area contributed by atoms with Gasteiger partial charge in [0.25, 0.3) is 10.0 Å². The Balaban J connectivity index is 2.41. The maximum absolute atomic E-state index is 12.4. The molecule has 5 nitrogen and oxygen atoms in total. The van der Waals surface area contributed by atoms with Crippen LogP contribution in [-0.2, 0) is 10.0 Å². The molecule has 0 aromatic heterocycles. The fourth-order valence-corrected chi connectivity index (χ4v) is 2.91. The third-order valence-corrected chi connectivity index (χ3v) is 4.68. The first kappa shape index (κ1) is 13.9. The Morgan fingerprint density at radius 2 is 1.80 bits per heavy atom. The predicted molar refractivity (Wildman–Crippen MR) is 77.6 cm³/mol. The van der Waals surface area contributed by atoms with Crippen molar-refractivity contribution in [1.82, 2.24) is 0 Å². The van der Waals surface area contributed by atoms with Gasteiger partial charge in [-0.15, -0.1) is 0 Å². The zero-order chi connectivity index (χ0) is 14.8. The Morgan fingerprint density at radius 1 is 1.15 bits per heavy atom. The van der Waals surface area contributed by atoms with Gasteiger partial charge in [-0.25, -0.2) is 8.42 Å². The number of anilines is 2. The lowest BCUT2D eigenvalue weighted by Crippen LogP contribution is -2.26. The first-order valence-electron chi connectivity index (χ1n) is 5.80. The second-order valence-electron chi connectivity index (χ2n) is 4.20. The van der Waals surface area contributed by atoms with Crippen LogP contribution in [0, 0.1) is 11.3 Å². The van der Waals surface area contributed by atoms with E-state index in [0.717, 1.165) is 4.31 Å². The van der Waals surface area contributed by atoms with E-state index in [1.165, 1.54) is 31.3 Å². The molecule has 0 fully saturated rings. The number of nitrogens with two attached hydrogens (primary N) is 1. The van der Waals surface area contributed by atoms with Gasteiger partial charge in [0.2, 0.25) is 0 Å². The van der Waals surface area contributed by atoms with Gasteiger partial charge < -0.3 is 5.73 Å². The first-order chi connectivity index (χ1) is 9.45. The van der Waals surface area contributed by atoms with Crippen molar-refractivity contribution < 1.29 is 8.42 Å². The molecule has 0 aliphatic rings. The molecule has 0 spiro atoms. The predicted octanol–water partition coefficient (Wildman–Crippen LogP) is 1.97. The van der Waals surface area contributed by atoms with E-state index in [-0.39, 0.29) is 4.90 Å². The third kappa shape index (κ3) is 2.58.